The van der Waals surface area contributed by atoms with Crippen molar-refractivity contribution in [1.82, 2.24) is 4.37 Å². The second kappa shape index (κ2) is 6.35. The van der Waals surface area contributed by atoms with Crippen molar-refractivity contribution in [2.45, 2.75) is 26.2 Å². The molecule has 1 N–H and O–H groups in total. The summed E-state index contributed by atoms with van der Waals surface area (Å²) in [7, 11) is 0. The van der Waals surface area contributed by atoms with Crippen LogP contribution >= 0.6 is 11.5 Å². The molecule has 0 fully saturated rings. The van der Waals surface area contributed by atoms with Crippen LogP contribution in [0.25, 0.3) is 0 Å². The Morgan fingerprint density at radius 1 is 1.37 bits per heavy atom. The first-order valence-electron chi connectivity index (χ1n) is 6.37. The lowest BCUT2D eigenvalue weighted by molar-refractivity contribution is 0.706. The maximum atomic E-state index is 9.05. The van der Waals surface area contributed by atoms with Crippen LogP contribution in [0.4, 0.5) is 5.00 Å². The van der Waals surface area contributed by atoms with E-state index in [1.165, 1.54) is 17.1 Å². The van der Waals surface area contributed by atoms with Gasteiger partial charge in [-0.3, -0.25) is 0 Å². The smallest absolute Gasteiger partial charge is 0.127 e. The molecule has 0 radical (unpaired) electrons. The molecule has 4 heteroatoms. The summed E-state index contributed by atoms with van der Waals surface area (Å²) in [4.78, 5) is 0. The Kier molecular flexibility index (Phi) is 4.53. The van der Waals surface area contributed by atoms with Gasteiger partial charge in [0.25, 0.3) is 0 Å². The van der Waals surface area contributed by atoms with E-state index in [9.17, 15) is 0 Å². The van der Waals surface area contributed by atoms with Crippen molar-refractivity contribution < 1.29 is 0 Å². The largest absolute Gasteiger partial charge is 0.375 e. The van der Waals surface area contributed by atoms with E-state index in [1.54, 1.807) is 0 Å². The third-order valence-electron chi connectivity index (χ3n) is 3.21. The summed E-state index contributed by atoms with van der Waals surface area (Å²) in [6.45, 7) is 4.94. The Balaban J connectivity index is 1.89. The molecule has 0 saturated heterocycles. The van der Waals surface area contributed by atoms with Gasteiger partial charge in [-0.2, -0.15) is 9.64 Å². The maximum Gasteiger partial charge on any atom is 0.127 e. The molecular formula is C15H17N3S. The highest BCUT2D eigenvalue weighted by molar-refractivity contribution is 7.10. The summed E-state index contributed by atoms with van der Waals surface area (Å²) in [6.07, 6.45) is 1.03. The minimum atomic E-state index is 0.508. The summed E-state index contributed by atoms with van der Waals surface area (Å²) in [5.74, 6) is 0.508. The first kappa shape index (κ1) is 13.6. The van der Waals surface area contributed by atoms with E-state index in [-0.39, 0.29) is 0 Å². The van der Waals surface area contributed by atoms with E-state index >= 15 is 0 Å². The van der Waals surface area contributed by atoms with Crippen LogP contribution in [-0.2, 0) is 0 Å². The number of rotatable bonds is 5. The normalized spacial score (nSPS) is 11.8. The Labute approximate surface area is 118 Å². The first-order valence-corrected chi connectivity index (χ1v) is 7.15. The zero-order valence-electron chi connectivity index (χ0n) is 11.2. The number of hydrogen-bond acceptors (Lipinski definition) is 4. The summed E-state index contributed by atoms with van der Waals surface area (Å²) >= 11 is 1.36. The van der Waals surface area contributed by atoms with Crippen LogP contribution in [0.1, 0.15) is 36.1 Å². The molecule has 0 amide bonds. The van der Waals surface area contributed by atoms with Gasteiger partial charge in [-0.15, -0.1) is 0 Å². The molecular weight excluding hydrogens is 254 g/mol. The standard InChI is InChI=1S/C15H17N3S/c1-11(13-6-4-3-5-7-13)8-9-17-15-14(10-16)12(2)18-19-15/h3-7,11,17H,8-9H2,1-2H3. The van der Waals surface area contributed by atoms with Crippen LogP contribution in [0, 0.1) is 18.3 Å². The van der Waals surface area contributed by atoms with Gasteiger partial charge < -0.3 is 5.32 Å². The number of nitrogens with one attached hydrogen (secondary N) is 1. The zero-order valence-corrected chi connectivity index (χ0v) is 12.0. The van der Waals surface area contributed by atoms with Gasteiger partial charge in [-0.05, 0) is 36.4 Å². The predicted molar refractivity (Wildman–Crippen MR) is 79.5 cm³/mol. The van der Waals surface area contributed by atoms with Crippen LogP contribution < -0.4 is 5.32 Å². The minimum absolute atomic E-state index is 0.508. The highest BCUT2D eigenvalue weighted by Crippen LogP contribution is 2.24. The SMILES string of the molecule is Cc1nsc(NCCC(C)c2ccccc2)c1C#N. The predicted octanol–water partition coefficient (Wildman–Crippen LogP) is 3.93. The molecule has 1 unspecified atom stereocenters. The number of benzene rings is 1. The summed E-state index contributed by atoms with van der Waals surface area (Å²) < 4.78 is 4.20. The average Bonchev–Trinajstić information content (AvgIpc) is 2.80. The van der Waals surface area contributed by atoms with Crippen molar-refractivity contribution in [3.05, 3.63) is 47.2 Å². The third-order valence-corrected chi connectivity index (χ3v) is 4.10. The summed E-state index contributed by atoms with van der Waals surface area (Å²) in [5, 5.41) is 13.3. The number of nitrogens with zero attached hydrogens (tertiary/aromatic N) is 2. The topological polar surface area (TPSA) is 48.7 Å². The van der Waals surface area contributed by atoms with Gasteiger partial charge in [0.05, 0.1) is 5.69 Å². The molecule has 1 aromatic heterocycles. The summed E-state index contributed by atoms with van der Waals surface area (Å²) in [5.41, 5.74) is 2.84. The lowest BCUT2D eigenvalue weighted by Crippen LogP contribution is -2.05. The molecule has 1 atom stereocenters. The van der Waals surface area contributed by atoms with E-state index in [0.29, 0.717) is 11.5 Å². The lowest BCUT2D eigenvalue weighted by atomic mass is 9.98. The minimum Gasteiger partial charge on any atom is -0.375 e. The van der Waals surface area contributed by atoms with Crippen molar-refractivity contribution in [1.29, 1.82) is 5.26 Å². The first-order chi connectivity index (χ1) is 9.22. The van der Waals surface area contributed by atoms with Crippen LogP contribution in [-0.4, -0.2) is 10.9 Å². The van der Waals surface area contributed by atoms with Gasteiger partial charge >= 0.3 is 0 Å². The van der Waals surface area contributed by atoms with Gasteiger partial charge in [0, 0.05) is 6.54 Å². The molecule has 2 aromatic rings. The monoisotopic (exact) mass is 271 g/mol. The fourth-order valence-corrected chi connectivity index (χ4v) is 2.74. The molecule has 1 aromatic carbocycles. The van der Waals surface area contributed by atoms with Crippen LogP contribution in [0.15, 0.2) is 30.3 Å². The van der Waals surface area contributed by atoms with E-state index in [2.05, 4.69) is 46.9 Å². The number of nitriles is 1. The number of aryl methyl sites for hydroxylation is 1. The molecule has 2 rings (SSSR count). The van der Waals surface area contributed by atoms with Crippen molar-refractivity contribution in [2.75, 3.05) is 11.9 Å². The van der Waals surface area contributed by atoms with Crippen LogP contribution in [0.5, 0.6) is 0 Å². The average molecular weight is 271 g/mol. The molecule has 98 valence electrons. The van der Waals surface area contributed by atoms with Crippen LogP contribution in [0.3, 0.4) is 0 Å². The van der Waals surface area contributed by atoms with Gasteiger partial charge in [0.2, 0.25) is 0 Å². The van der Waals surface area contributed by atoms with Gasteiger partial charge in [-0.1, -0.05) is 37.3 Å². The lowest BCUT2D eigenvalue weighted by Gasteiger charge is -2.12. The Bertz CT molecular complexity index is 569. The fraction of sp³-hybridized carbons (Fsp3) is 0.333. The highest BCUT2D eigenvalue weighted by atomic mass is 32.1. The Morgan fingerprint density at radius 2 is 2.11 bits per heavy atom. The van der Waals surface area contributed by atoms with Crippen LogP contribution in [0.2, 0.25) is 0 Å². The number of aromatic nitrogens is 1. The van der Waals surface area contributed by atoms with Crippen molar-refractivity contribution in [2.24, 2.45) is 0 Å². The molecule has 0 aliphatic rings. The second-order valence-corrected chi connectivity index (χ2v) is 5.38. The van der Waals surface area contributed by atoms with Crippen molar-refractivity contribution >= 4 is 16.5 Å². The van der Waals surface area contributed by atoms with Crippen molar-refractivity contribution in [3.63, 3.8) is 0 Å². The Morgan fingerprint density at radius 3 is 2.79 bits per heavy atom. The van der Waals surface area contributed by atoms with Gasteiger partial charge in [0.1, 0.15) is 16.6 Å². The molecule has 0 spiro atoms. The summed E-state index contributed by atoms with van der Waals surface area (Å²) in [6, 6.07) is 12.7. The maximum absolute atomic E-state index is 9.05. The quantitative estimate of drug-likeness (QED) is 0.896. The number of hydrogen-bond donors (Lipinski definition) is 1. The van der Waals surface area contributed by atoms with Gasteiger partial charge in [0.15, 0.2) is 0 Å². The molecule has 0 saturated carbocycles. The number of anilines is 1. The molecule has 0 aliphatic heterocycles. The van der Waals surface area contributed by atoms with E-state index in [4.69, 9.17) is 5.26 Å². The third kappa shape index (κ3) is 3.33. The fourth-order valence-electron chi connectivity index (χ4n) is 1.97. The molecule has 0 aliphatic carbocycles. The van der Waals surface area contributed by atoms with E-state index in [1.807, 2.05) is 13.0 Å². The van der Waals surface area contributed by atoms with Crippen molar-refractivity contribution in [3.8, 4) is 6.07 Å². The molecule has 3 nitrogen and oxygen atoms in total. The molecule has 0 bridgehead atoms. The zero-order chi connectivity index (χ0) is 13.7. The highest BCUT2D eigenvalue weighted by Gasteiger charge is 2.10. The van der Waals surface area contributed by atoms with E-state index < -0.39 is 0 Å². The van der Waals surface area contributed by atoms with E-state index in [0.717, 1.165) is 23.7 Å². The molecule has 1 heterocycles. The second-order valence-electron chi connectivity index (χ2n) is 4.61. The van der Waals surface area contributed by atoms with Gasteiger partial charge in [-0.25, -0.2) is 0 Å². The Hall–Kier alpha value is -1.86. The molecule has 19 heavy (non-hydrogen) atoms.